The van der Waals surface area contributed by atoms with E-state index < -0.39 is 5.91 Å². The lowest BCUT2D eigenvalue weighted by Gasteiger charge is -2.08. The molecule has 1 heterocycles. The Morgan fingerprint density at radius 3 is 2.79 bits per heavy atom. The molecule has 4 N–H and O–H groups in total. The number of nitrogens with zero attached hydrogens (tertiary/aromatic N) is 1. The molecule has 1 aliphatic heterocycles. The van der Waals surface area contributed by atoms with E-state index in [0.717, 1.165) is 12.0 Å². The van der Waals surface area contributed by atoms with Gasteiger partial charge in [-0.25, -0.2) is 4.99 Å². The number of carbonyl (C=O) groups excluding carboxylic acids is 1. The van der Waals surface area contributed by atoms with E-state index in [1.807, 2.05) is 19.9 Å². The Labute approximate surface area is 83.4 Å². The summed E-state index contributed by atoms with van der Waals surface area (Å²) in [7, 11) is 0. The molecule has 0 aromatic heterocycles. The fourth-order valence-electron chi connectivity index (χ4n) is 1.40. The van der Waals surface area contributed by atoms with Gasteiger partial charge in [-0.3, -0.25) is 4.79 Å². The van der Waals surface area contributed by atoms with Crippen LogP contribution in [0.4, 0.5) is 0 Å². The van der Waals surface area contributed by atoms with Gasteiger partial charge in [0.2, 0.25) is 0 Å². The number of aliphatic imine (C=N–C) groups is 1. The van der Waals surface area contributed by atoms with Crippen LogP contribution in [0.5, 0.6) is 0 Å². The van der Waals surface area contributed by atoms with Gasteiger partial charge in [0, 0.05) is 12.1 Å². The highest BCUT2D eigenvalue weighted by molar-refractivity contribution is 5.98. The summed E-state index contributed by atoms with van der Waals surface area (Å²) in [6.45, 7) is 3.86. The molecule has 0 radical (unpaired) electrons. The fraction of sp³-hybridized carbons (Fsp3) is 0.400. The quantitative estimate of drug-likeness (QED) is 0.676. The van der Waals surface area contributed by atoms with Crippen LogP contribution >= 0.6 is 0 Å². The van der Waals surface area contributed by atoms with Crippen molar-refractivity contribution in [3.05, 3.63) is 23.4 Å². The number of amides is 1. The second-order valence-electron chi connectivity index (χ2n) is 3.33. The molecule has 1 atom stereocenters. The highest BCUT2D eigenvalue weighted by atomic mass is 16.1. The van der Waals surface area contributed by atoms with Crippen LogP contribution in [0.2, 0.25) is 0 Å². The normalized spacial score (nSPS) is 21.9. The van der Waals surface area contributed by atoms with Gasteiger partial charge in [-0.05, 0) is 18.9 Å². The molecule has 76 valence electrons. The number of rotatable bonds is 2. The van der Waals surface area contributed by atoms with Crippen LogP contribution in [-0.4, -0.2) is 11.7 Å². The fourth-order valence-corrected chi connectivity index (χ4v) is 1.40. The van der Waals surface area contributed by atoms with Crippen molar-refractivity contribution in [2.45, 2.75) is 20.3 Å². The summed E-state index contributed by atoms with van der Waals surface area (Å²) in [6.07, 6.45) is 4.24. The van der Waals surface area contributed by atoms with Gasteiger partial charge in [-0.2, -0.15) is 0 Å². The van der Waals surface area contributed by atoms with E-state index in [-0.39, 0.29) is 5.92 Å². The Balaban J connectivity index is 3.10. The topological polar surface area (TPSA) is 81.5 Å². The van der Waals surface area contributed by atoms with E-state index in [4.69, 9.17) is 11.5 Å². The molecule has 0 saturated carbocycles. The Morgan fingerprint density at radius 1 is 1.64 bits per heavy atom. The van der Waals surface area contributed by atoms with Crippen LogP contribution in [0, 0.1) is 5.92 Å². The highest BCUT2D eigenvalue weighted by Gasteiger charge is 2.15. The molecule has 0 bridgehead atoms. The Morgan fingerprint density at radius 2 is 2.29 bits per heavy atom. The molecule has 14 heavy (non-hydrogen) atoms. The minimum absolute atomic E-state index is 0.100. The first kappa shape index (κ1) is 10.5. The maximum atomic E-state index is 11.0. The summed E-state index contributed by atoms with van der Waals surface area (Å²) >= 11 is 0. The summed E-state index contributed by atoms with van der Waals surface area (Å²) in [4.78, 5) is 15.0. The van der Waals surface area contributed by atoms with Crippen molar-refractivity contribution in [3.63, 3.8) is 0 Å². The third-order valence-electron chi connectivity index (χ3n) is 2.30. The first-order valence-electron chi connectivity index (χ1n) is 4.58. The summed E-state index contributed by atoms with van der Waals surface area (Å²) in [6, 6.07) is 0. The third-order valence-corrected chi connectivity index (χ3v) is 2.30. The largest absolute Gasteiger partial charge is 0.387 e. The van der Waals surface area contributed by atoms with Gasteiger partial charge in [-0.1, -0.05) is 13.0 Å². The molecule has 1 rings (SSSR count). The summed E-state index contributed by atoms with van der Waals surface area (Å²) < 4.78 is 0. The first-order chi connectivity index (χ1) is 6.56. The van der Waals surface area contributed by atoms with Gasteiger partial charge in [0.25, 0.3) is 5.91 Å². The van der Waals surface area contributed by atoms with Gasteiger partial charge >= 0.3 is 0 Å². The van der Waals surface area contributed by atoms with Gasteiger partial charge in [0.05, 0.1) is 5.57 Å². The van der Waals surface area contributed by atoms with Crippen LogP contribution in [-0.2, 0) is 4.79 Å². The van der Waals surface area contributed by atoms with Crippen molar-refractivity contribution in [2.24, 2.45) is 22.4 Å². The minimum atomic E-state index is -0.466. The predicted molar refractivity (Wildman–Crippen MR) is 56.4 cm³/mol. The van der Waals surface area contributed by atoms with Gasteiger partial charge < -0.3 is 11.5 Å². The molecule has 1 aliphatic rings. The molecule has 1 amide bonds. The highest BCUT2D eigenvalue weighted by Crippen LogP contribution is 2.18. The van der Waals surface area contributed by atoms with Crippen molar-refractivity contribution in [1.82, 2.24) is 0 Å². The van der Waals surface area contributed by atoms with E-state index in [1.165, 1.54) is 6.20 Å². The molecule has 4 nitrogen and oxygen atoms in total. The number of primary amides is 1. The maximum absolute atomic E-state index is 11.0. The molecule has 0 aliphatic carbocycles. The van der Waals surface area contributed by atoms with Crippen LogP contribution in [0.1, 0.15) is 20.3 Å². The SMILES string of the molecule is CCC1C=C(C)C(C(N)=O)=CN=C1N. The Kier molecular flexibility index (Phi) is 3.06. The first-order valence-corrected chi connectivity index (χ1v) is 4.58. The summed E-state index contributed by atoms with van der Waals surface area (Å²) in [5.74, 6) is 0.165. The standard InChI is InChI=1S/C10H15N3O/c1-3-7-4-6(2)8(10(12)14)5-13-9(7)11/h4-5,7H,3H2,1-2H3,(H2,11,13)(H2,12,14). The van der Waals surface area contributed by atoms with Crippen molar-refractivity contribution in [1.29, 1.82) is 0 Å². The molecule has 0 aromatic rings. The smallest absolute Gasteiger partial charge is 0.250 e. The summed E-state index contributed by atoms with van der Waals surface area (Å²) in [5.41, 5.74) is 12.2. The van der Waals surface area contributed by atoms with Crippen molar-refractivity contribution >= 4 is 11.7 Å². The number of amidine groups is 1. The van der Waals surface area contributed by atoms with Gasteiger partial charge in [-0.15, -0.1) is 0 Å². The van der Waals surface area contributed by atoms with Crippen LogP contribution in [0.3, 0.4) is 0 Å². The summed E-state index contributed by atoms with van der Waals surface area (Å²) in [5, 5.41) is 0. The number of hydrogen-bond donors (Lipinski definition) is 2. The van der Waals surface area contributed by atoms with Gasteiger partial charge in [0.1, 0.15) is 5.84 Å². The van der Waals surface area contributed by atoms with E-state index >= 15 is 0 Å². The lowest BCUT2D eigenvalue weighted by molar-refractivity contribution is -0.114. The number of nitrogens with two attached hydrogens (primary N) is 2. The van der Waals surface area contributed by atoms with Gasteiger partial charge in [0.15, 0.2) is 0 Å². The van der Waals surface area contributed by atoms with E-state index in [2.05, 4.69) is 4.99 Å². The zero-order chi connectivity index (χ0) is 10.7. The Bertz CT molecular complexity index is 339. The molecular weight excluding hydrogens is 178 g/mol. The molecule has 4 heteroatoms. The lowest BCUT2D eigenvalue weighted by atomic mass is 10.00. The second-order valence-corrected chi connectivity index (χ2v) is 3.33. The van der Waals surface area contributed by atoms with E-state index in [0.29, 0.717) is 11.4 Å². The van der Waals surface area contributed by atoms with Crippen LogP contribution in [0.25, 0.3) is 0 Å². The van der Waals surface area contributed by atoms with Crippen molar-refractivity contribution in [3.8, 4) is 0 Å². The average molecular weight is 193 g/mol. The average Bonchev–Trinajstić information content (AvgIpc) is 2.26. The van der Waals surface area contributed by atoms with Crippen molar-refractivity contribution in [2.75, 3.05) is 0 Å². The van der Waals surface area contributed by atoms with Crippen molar-refractivity contribution < 1.29 is 4.79 Å². The Hall–Kier alpha value is -1.58. The zero-order valence-electron chi connectivity index (χ0n) is 8.45. The lowest BCUT2D eigenvalue weighted by Crippen LogP contribution is -2.20. The monoisotopic (exact) mass is 193 g/mol. The minimum Gasteiger partial charge on any atom is -0.387 e. The molecule has 0 fully saturated rings. The molecule has 0 saturated heterocycles. The number of hydrogen-bond acceptors (Lipinski definition) is 3. The third kappa shape index (κ3) is 2.02. The maximum Gasteiger partial charge on any atom is 0.250 e. The zero-order valence-corrected chi connectivity index (χ0v) is 8.45. The molecular formula is C10H15N3O. The molecule has 1 unspecified atom stereocenters. The van der Waals surface area contributed by atoms with Crippen LogP contribution in [0.15, 0.2) is 28.4 Å². The molecule has 0 spiro atoms. The van der Waals surface area contributed by atoms with E-state index in [1.54, 1.807) is 0 Å². The predicted octanol–water partition coefficient (Wildman–Crippen LogP) is 0.699. The number of carbonyl (C=O) groups is 1. The van der Waals surface area contributed by atoms with E-state index in [9.17, 15) is 4.79 Å². The molecule has 0 aromatic carbocycles. The second kappa shape index (κ2) is 4.09. The van der Waals surface area contributed by atoms with Crippen LogP contribution < -0.4 is 11.5 Å².